The molecule has 0 spiro atoms. The highest BCUT2D eigenvalue weighted by atomic mass is 15.1. The van der Waals surface area contributed by atoms with E-state index in [2.05, 4.69) is 65.7 Å². The summed E-state index contributed by atoms with van der Waals surface area (Å²) in [7, 11) is 2.32. The molecule has 2 heteroatoms. The second kappa shape index (κ2) is 7.00. The lowest BCUT2D eigenvalue weighted by Gasteiger charge is -2.45. The van der Waals surface area contributed by atoms with Gasteiger partial charge in [-0.3, -0.25) is 0 Å². The van der Waals surface area contributed by atoms with Crippen LogP contribution in [0.2, 0.25) is 0 Å². The Bertz CT molecular complexity index is 303. The molecule has 0 aromatic heterocycles. The van der Waals surface area contributed by atoms with Gasteiger partial charge in [-0.25, -0.2) is 0 Å². The first-order valence-electron chi connectivity index (χ1n) is 8.91. The van der Waals surface area contributed by atoms with Gasteiger partial charge in [0.05, 0.1) is 0 Å². The van der Waals surface area contributed by atoms with Crippen LogP contribution in [-0.2, 0) is 0 Å². The Hall–Kier alpha value is -0.0800. The first kappa shape index (κ1) is 19.0. The SMILES string of the molecule is CC(N(C)CC1(CNC(C)(C)C)CCCCC1)C(C)(C)C. The average molecular weight is 297 g/mol. The second-order valence-corrected chi connectivity index (χ2v) is 9.62. The fourth-order valence-electron chi connectivity index (χ4n) is 3.47. The van der Waals surface area contributed by atoms with Crippen molar-refractivity contribution >= 4 is 0 Å². The van der Waals surface area contributed by atoms with Gasteiger partial charge in [0.25, 0.3) is 0 Å². The van der Waals surface area contributed by atoms with E-state index < -0.39 is 0 Å². The minimum Gasteiger partial charge on any atom is -0.311 e. The van der Waals surface area contributed by atoms with Gasteiger partial charge < -0.3 is 10.2 Å². The summed E-state index contributed by atoms with van der Waals surface area (Å²) in [5, 5.41) is 3.79. The number of nitrogens with zero attached hydrogens (tertiary/aromatic N) is 1. The molecule has 21 heavy (non-hydrogen) atoms. The highest BCUT2D eigenvalue weighted by Gasteiger charge is 2.36. The molecule has 0 bridgehead atoms. The summed E-state index contributed by atoms with van der Waals surface area (Å²) < 4.78 is 0. The first-order valence-corrected chi connectivity index (χ1v) is 8.91. The zero-order chi connectivity index (χ0) is 16.3. The first-order chi connectivity index (χ1) is 9.45. The van der Waals surface area contributed by atoms with Crippen molar-refractivity contribution < 1.29 is 0 Å². The minimum atomic E-state index is 0.221. The van der Waals surface area contributed by atoms with Crippen molar-refractivity contribution in [2.45, 2.75) is 92.2 Å². The monoisotopic (exact) mass is 296 g/mol. The molecule has 0 aromatic carbocycles. The molecule has 0 aromatic rings. The van der Waals surface area contributed by atoms with Crippen LogP contribution in [0.5, 0.6) is 0 Å². The molecule has 1 atom stereocenters. The molecule has 1 fully saturated rings. The molecule has 1 N–H and O–H groups in total. The predicted octanol–water partition coefficient (Wildman–Crippen LogP) is 4.69. The van der Waals surface area contributed by atoms with E-state index in [0.29, 0.717) is 16.9 Å². The van der Waals surface area contributed by atoms with Crippen LogP contribution in [-0.4, -0.2) is 36.6 Å². The van der Waals surface area contributed by atoms with Crippen LogP contribution in [0.1, 0.15) is 80.6 Å². The fraction of sp³-hybridized carbons (Fsp3) is 1.00. The topological polar surface area (TPSA) is 15.3 Å². The summed E-state index contributed by atoms with van der Waals surface area (Å²) in [6.45, 7) is 18.7. The maximum absolute atomic E-state index is 3.79. The van der Waals surface area contributed by atoms with E-state index in [1.165, 1.54) is 38.6 Å². The molecule has 0 amide bonds. The summed E-state index contributed by atoms with van der Waals surface area (Å²) in [6, 6.07) is 0.617. The molecule has 2 nitrogen and oxygen atoms in total. The Labute approximate surface area is 134 Å². The molecular formula is C19H40N2. The van der Waals surface area contributed by atoms with Crippen molar-refractivity contribution in [2.75, 3.05) is 20.1 Å². The van der Waals surface area contributed by atoms with E-state index in [4.69, 9.17) is 0 Å². The molecule has 1 unspecified atom stereocenters. The number of hydrogen-bond acceptors (Lipinski definition) is 2. The van der Waals surface area contributed by atoms with Crippen molar-refractivity contribution in [2.24, 2.45) is 10.8 Å². The van der Waals surface area contributed by atoms with Gasteiger partial charge in [-0.1, -0.05) is 40.0 Å². The molecule has 0 saturated heterocycles. The van der Waals surface area contributed by atoms with Crippen LogP contribution in [0.4, 0.5) is 0 Å². The van der Waals surface area contributed by atoms with Gasteiger partial charge in [0.2, 0.25) is 0 Å². The fourth-order valence-corrected chi connectivity index (χ4v) is 3.47. The van der Waals surface area contributed by atoms with Crippen molar-refractivity contribution in [1.82, 2.24) is 10.2 Å². The van der Waals surface area contributed by atoms with Gasteiger partial charge in [0, 0.05) is 24.7 Å². The van der Waals surface area contributed by atoms with E-state index in [1.54, 1.807) is 0 Å². The molecular weight excluding hydrogens is 256 g/mol. The van der Waals surface area contributed by atoms with Crippen LogP contribution in [0.25, 0.3) is 0 Å². The van der Waals surface area contributed by atoms with Crippen molar-refractivity contribution in [1.29, 1.82) is 0 Å². The minimum absolute atomic E-state index is 0.221. The Morgan fingerprint density at radius 1 is 1.00 bits per heavy atom. The highest BCUT2D eigenvalue weighted by Crippen LogP contribution is 2.38. The van der Waals surface area contributed by atoms with Gasteiger partial charge in [-0.15, -0.1) is 0 Å². The molecule has 0 aliphatic heterocycles. The highest BCUT2D eigenvalue weighted by molar-refractivity contribution is 4.91. The molecule has 0 heterocycles. The van der Waals surface area contributed by atoms with Crippen molar-refractivity contribution in [3.63, 3.8) is 0 Å². The van der Waals surface area contributed by atoms with E-state index >= 15 is 0 Å². The molecule has 0 radical (unpaired) electrons. The molecule has 1 saturated carbocycles. The summed E-state index contributed by atoms with van der Waals surface area (Å²) in [5.41, 5.74) is 1.04. The second-order valence-electron chi connectivity index (χ2n) is 9.62. The van der Waals surface area contributed by atoms with E-state index in [9.17, 15) is 0 Å². The zero-order valence-electron chi connectivity index (χ0n) is 16.0. The van der Waals surface area contributed by atoms with Crippen LogP contribution < -0.4 is 5.32 Å². The summed E-state index contributed by atoms with van der Waals surface area (Å²) >= 11 is 0. The Morgan fingerprint density at radius 2 is 1.52 bits per heavy atom. The Kier molecular flexibility index (Phi) is 6.32. The number of rotatable bonds is 5. The van der Waals surface area contributed by atoms with Gasteiger partial charge in [-0.2, -0.15) is 0 Å². The largest absolute Gasteiger partial charge is 0.311 e. The van der Waals surface area contributed by atoms with Crippen LogP contribution >= 0.6 is 0 Å². The molecule has 1 rings (SSSR count). The van der Waals surface area contributed by atoms with Crippen LogP contribution in [0.15, 0.2) is 0 Å². The lowest BCUT2D eigenvalue weighted by molar-refractivity contribution is 0.0561. The third-order valence-electron chi connectivity index (χ3n) is 5.41. The lowest BCUT2D eigenvalue weighted by atomic mass is 9.72. The van der Waals surface area contributed by atoms with Crippen LogP contribution in [0.3, 0.4) is 0 Å². The third-order valence-corrected chi connectivity index (χ3v) is 5.41. The quantitative estimate of drug-likeness (QED) is 0.791. The maximum atomic E-state index is 3.79. The summed E-state index contributed by atoms with van der Waals surface area (Å²) in [6.07, 6.45) is 7.01. The van der Waals surface area contributed by atoms with Gasteiger partial charge in [0.15, 0.2) is 0 Å². The lowest BCUT2D eigenvalue weighted by Crippen LogP contribution is -2.52. The zero-order valence-corrected chi connectivity index (χ0v) is 16.0. The van der Waals surface area contributed by atoms with Crippen LogP contribution in [0, 0.1) is 10.8 Å². The molecule has 1 aliphatic rings. The maximum Gasteiger partial charge on any atom is 0.0113 e. The number of hydrogen-bond donors (Lipinski definition) is 1. The molecule has 126 valence electrons. The third kappa shape index (κ3) is 6.28. The number of nitrogens with one attached hydrogen (secondary N) is 1. The van der Waals surface area contributed by atoms with Crippen molar-refractivity contribution in [3.8, 4) is 0 Å². The Morgan fingerprint density at radius 3 is 1.95 bits per heavy atom. The molecule has 1 aliphatic carbocycles. The van der Waals surface area contributed by atoms with Gasteiger partial charge in [0.1, 0.15) is 0 Å². The van der Waals surface area contributed by atoms with E-state index in [1.807, 2.05) is 0 Å². The van der Waals surface area contributed by atoms with E-state index in [-0.39, 0.29) is 5.54 Å². The summed E-state index contributed by atoms with van der Waals surface area (Å²) in [4.78, 5) is 2.61. The predicted molar refractivity (Wildman–Crippen MR) is 94.8 cm³/mol. The van der Waals surface area contributed by atoms with E-state index in [0.717, 1.165) is 6.54 Å². The Balaban J connectivity index is 2.73. The van der Waals surface area contributed by atoms with Crippen molar-refractivity contribution in [3.05, 3.63) is 0 Å². The smallest absolute Gasteiger partial charge is 0.0113 e. The standard InChI is InChI=1S/C19H40N2/c1-16(17(2,3)4)21(8)15-19(12-10-9-11-13-19)14-20-18(5,6)7/h16,20H,9-15H2,1-8H3. The normalized spacial score (nSPS) is 21.6. The van der Waals surface area contributed by atoms with Gasteiger partial charge in [-0.05, 0) is 58.4 Å². The van der Waals surface area contributed by atoms with Gasteiger partial charge >= 0.3 is 0 Å². The summed E-state index contributed by atoms with van der Waals surface area (Å²) in [5.74, 6) is 0. The average Bonchev–Trinajstić information content (AvgIpc) is 2.35.